The van der Waals surface area contributed by atoms with Crippen LogP contribution in [0.3, 0.4) is 0 Å². The molecule has 0 aliphatic carbocycles. The number of allylic oxidation sites excluding steroid dienone is 7. The van der Waals surface area contributed by atoms with Crippen LogP contribution < -0.4 is 5.32 Å². The van der Waals surface area contributed by atoms with Crippen LogP contribution in [0.2, 0.25) is 0 Å². The Hall–Kier alpha value is -1.54. The molecule has 1 amide bonds. The van der Waals surface area contributed by atoms with E-state index < -0.39 is 20.0 Å². The van der Waals surface area contributed by atoms with Crippen LogP contribution in [0.4, 0.5) is 0 Å². The minimum Gasteiger partial charge on any atom is -0.387 e. The van der Waals surface area contributed by atoms with E-state index in [-0.39, 0.29) is 19.1 Å². The van der Waals surface area contributed by atoms with E-state index in [9.17, 15) is 19.4 Å². The molecule has 0 saturated heterocycles. The first-order valence-electron chi connectivity index (χ1n) is 17.5. The number of aliphatic hydroxyl groups is 1. The van der Waals surface area contributed by atoms with E-state index in [0.29, 0.717) is 17.4 Å². The smallest absolute Gasteiger partial charge is 0.387 e. The van der Waals surface area contributed by atoms with Crippen LogP contribution in [-0.4, -0.2) is 73.4 Å². The lowest BCUT2D eigenvalue weighted by Crippen LogP contribution is -2.45. The van der Waals surface area contributed by atoms with Gasteiger partial charge in [-0.15, -0.1) is 0 Å². The molecule has 0 spiro atoms. The molecule has 0 aromatic rings. The Morgan fingerprint density at radius 3 is 1.87 bits per heavy atom. The molecule has 3 N–H and O–H groups in total. The summed E-state index contributed by atoms with van der Waals surface area (Å²) < 4.78 is 23.3. The van der Waals surface area contributed by atoms with Gasteiger partial charge in [0.1, 0.15) is 13.2 Å². The van der Waals surface area contributed by atoms with Crippen molar-refractivity contribution in [2.24, 2.45) is 0 Å². The summed E-state index contributed by atoms with van der Waals surface area (Å²) in [5, 5.41) is 13.6. The molecule has 3 atom stereocenters. The highest BCUT2D eigenvalue weighted by Crippen LogP contribution is 2.43. The van der Waals surface area contributed by atoms with Crippen molar-refractivity contribution in [2.45, 2.75) is 135 Å². The van der Waals surface area contributed by atoms with Gasteiger partial charge in [-0.05, 0) is 64.2 Å². The zero-order valence-corrected chi connectivity index (χ0v) is 30.2. The third kappa shape index (κ3) is 30.9. The Bertz CT molecular complexity index is 881. The van der Waals surface area contributed by atoms with Gasteiger partial charge in [0.25, 0.3) is 0 Å². The molecule has 0 aliphatic heterocycles. The number of nitrogens with zero attached hydrogens (tertiary/aromatic N) is 1. The van der Waals surface area contributed by atoms with E-state index in [1.54, 1.807) is 6.08 Å². The van der Waals surface area contributed by atoms with E-state index in [2.05, 4.69) is 55.6 Å². The Balaban J connectivity index is 4.69. The fourth-order valence-electron chi connectivity index (χ4n) is 4.37. The maximum absolute atomic E-state index is 12.7. The van der Waals surface area contributed by atoms with Gasteiger partial charge in [-0.25, -0.2) is 4.57 Å². The average molecular weight is 656 g/mol. The number of hydrogen-bond donors (Lipinski definition) is 3. The van der Waals surface area contributed by atoms with Gasteiger partial charge >= 0.3 is 7.82 Å². The molecule has 0 aromatic carbocycles. The van der Waals surface area contributed by atoms with Crippen molar-refractivity contribution in [3.63, 3.8) is 0 Å². The standard InChI is InChI=1S/C36H67N2O6P/c1-6-8-10-12-14-16-18-20-22-24-26-28-30-36(40)37-34(33-44-45(41,42)43-32-31-38(3,4)5)35(39)29-27-25-23-21-19-17-15-13-11-9-7-2/h11,13-14,16,19,21,27,29,34-35,39H,6-10,12,15,17-18,20,22-26,28,30-33H2,1-5H3,(H-,37,40,41,42)/p+1/b13-11+,16-14-,21-19+,29-27+. The van der Waals surface area contributed by atoms with E-state index in [0.717, 1.165) is 64.2 Å². The first-order chi connectivity index (χ1) is 21.5. The lowest BCUT2D eigenvalue weighted by Gasteiger charge is -2.25. The van der Waals surface area contributed by atoms with Crippen LogP contribution >= 0.6 is 7.82 Å². The third-order valence-corrected chi connectivity index (χ3v) is 8.21. The van der Waals surface area contributed by atoms with Gasteiger partial charge in [0, 0.05) is 6.42 Å². The molecule has 0 rings (SSSR count). The molecule has 0 saturated carbocycles. The van der Waals surface area contributed by atoms with Gasteiger partial charge in [-0.1, -0.05) is 101 Å². The Kier molecular flexibility index (Phi) is 27.7. The molecule has 45 heavy (non-hydrogen) atoms. The molecule has 0 aromatic heterocycles. The number of phosphoric acid groups is 1. The van der Waals surface area contributed by atoms with Crippen molar-refractivity contribution >= 4 is 13.7 Å². The van der Waals surface area contributed by atoms with Crippen molar-refractivity contribution in [3.8, 4) is 0 Å². The molecule has 0 radical (unpaired) electrons. The van der Waals surface area contributed by atoms with Crippen LogP contribution in [0, 0.1) is 0 Å². The number of aliphatic hydroxyl groups excluding tert-OH is 1. The van der Waals surface area contributed by atoms with E-state index in [4.69, 9.17) is 9.05 Å². The number of phosphoric ester groups is 1. The maximum Gasteiger partial charge on any atom is 0.472 e. The molecule has 3 unspecified atom stereocenters. The summed E-state index contributed by atoms with van der Waals surface area (Å²) in [7, 11) is 1.53. The minimum atomic E-state index is -4.34. The third-order valence-electron chi connectivity index (χ3n) is 7.23. The summed E-state index contributed by atoms with van der Waals surface area (Å²) in [6, 6.07) is -0.870. The first kappa shape index (κ1) is 43.5. The number of amides is 1. The summed E-state index contributed by atoms with van der Waals surface area (Å²) in [4.78, 5) is 22.9. The Morgan fingerprint density at radius 2 is 1.27 bits per heavy atom. The largest absolute Gasteiger partial charge is 0.472 e. The van der Waals surface area contributed by atoms with Crippen LogP contribution in [-0.2, 0) is 18.4 Å². The number of nitrogens with one attached hydrogen (secondary N) is 1. The van der Waals surface area contributed by atoms with Gasteiger partial charge in [0.2, 0.25) is 5.91 Å². The van der Waals surface area contributed by atoms with Crippen LogP contribution in [0.15, 0.2) is 48.6 Å². The van der Waals surface area contributed by atoms with E-state index >= 15 is 0 Å². The molecular formula is C36H68N2O6P+. The number of unbranched alkanes of at least 4 members (excludes halogenated alkanes) is 11. The highest BCUT2D eigenvalue weighted by atomic mass is 31.2. The Labute approximate surface area is 276 Å². The van der Waals surface area contributed by atoms with Gasteiger partial charge in [0.15, 0.2) is 0 Å². The van der Waals surface area contributed by atoms with Crippen molar-refractivity contribution in [2.75, 3.05) is 40.9 Å². The molecule has 9 heteroatoms. The normalized spacial score (nSPS) is 15.4. The molecule has 8 nitrogen and oxygen atoms in total. The molecule has 262 valence electrons. The molecule has 0 heterocycles. The molecule has 0 fully saturated rings. The highest BCUT2D eigenvalue weighted by Gasteiger charge is 2.27. The summed E-state index contributed by atoms with van der Waals surface area (Å²) in [6.45, 7) is 4.63. The van der Waals surface area contributed by atoms with Crippen LogP contribution in [0.1, 0.15) is 123 Å². The zero-order chi connectivity index (χ0) is 33.7. The number of rotatable bonds is 30. The van der Waals surface area contributed by atoms with E-state index in [1.165, 1.54) is 38.5 Å². The van der Waals surface area contributed by atoms with Crippen LogP contribution in [0.25, 0.3) is 0 Å². The maximum atomic E-state index is 12.7. The van der Waals surface area contributed by atoms with Gasteiger partial charge in [-0.3, -0.25) is 13.8 Å². The van der Waals surface area contributed by atoms with Gasteiger partial charge in [0.05, 0.1) is 39.9 Å². The van der Waals surface area contributed by atoms with E-state index in [1.807, 2.05) is 27.2 Å². The molecular weight excluding hydrogens is 587 g/mol. The first-order valence-corrected chi connectivity index (χ1v) is 19.0. The lowest BCUT2D eigenvalue weighted by atomic mass is 10.1. The Morgan fingerprint density at radius 1 is 0.733 bits per heavy atom. The zero-order valence-electron chi connectivity index (χ0n) is 29.3. The highest BCUT2D eigenvalue weighted by molar-refractivity contribution is 7.47. The van der Waals surface area contributed by atoms with Crippen molar-refractivity contribution in [1.82, 2.24) is 5.32 Å². The fourth-order valence-corrected chi connectivity index (χ4v) is 5.10. The quantitative estimate of drug-likeness (QED) is 0.0310. The second-order valence-electron chi connectivity index (χ2n) is 12.9. The van der Waals surface area contributed by atoms with Crippen LogP contribution in [0.5, 0.6) is 0 Å². The predicted octanol–water partition coefficient (Wildman–Crippen LogP) is 8.57. The number of likely N-dealkylation sites (N-methyl/N-ethyl adjacent to an activating group) is 1. The number of hydrogen-bond acceptors (Lipinski definition) is 5. The summed E-state index contributed by atoms with van der Waals surface area (Å²) in [5.74, 6) is -0.208. The second kappa shape index (κ2) is 28.7. The fraction of sp³-hybridized carbons (Fsp3) is 0.750. The number of carbonyl (C=O) groups excluding carboxylic acids is 1. The van der Waals surface area contributed by atoms with Crippen molar-refractivity contribution < 1.29 is 32.9 Å². The monoisotopic (exact) mass is 655 g/mol. The SMILES string of the molecule is CCC/C=C/CC/C=C/CC/C=C/C(O)C(COP(=O)(O)OCC[N+](C)(C)C)NC(=O)CCCCCCC/C=C\CCCCC. The summed E-state index contributed by atoms with van der Waals surface area (Å²) in [5.41, 5.74) is 0. The summed E-state index contributed by atoms with van der Waals surface area (Å²) in [6.07, 6.45) is 33.2. The lowest BCUT2D eigenvalue weighted by molar-refractivity contribution is -0.870. The van der Waals surface area contributed by atoms with Crippen molar-refractivity contribution in [3.05, 3.63) is 48.6 Å². The minimum absolute atomic E-state index is 0.0501. The topological polar surface area (TPSA) is 105 Å². The summed E-state index contributed by atoms with van der Waals surface area (Å²) >= 11 is 0. The van der Waals surface area contributed by atoms with Gasteiger partial charge < -0.3 is 19.8 Å². The molecule has 0 bridgehead atoms. The second-order valence-corrected chi connectivity index (χ2v) is 14.3. The van der Waals surface area contributed by atoms with Crippen molar-refractivity contribution in [1.29, 1.82) is 0 Å². The number of carbonyl (C=O) groups is 1. The predicted molar refractivity (Wildman–Crippen MR) is 189 cm³/mol. The van der Waals surface area contributed by atoms with Gasteiger partial charge in [-0.2, -0.15) is 0 Å². The number of quaternary nitrogens is 1. The molecule has 0 aliphatic rings. The average Bonchev–Trinajstić information content (AvgIpc) is 2.97.